The van der Waals surface area contributed by atoms with Crippen LogP contribution in [0.2, 0.25) is 0 Å². The second-order valence-electron chi connectivity index (χ2n) is 2.39. The Kier molecular flexibility index (Phi) is 1.94. The zero-order chi connectivity index (χ0) is 8.43. The zero-order valence-corrected chi connectivity index (χ0v) is 6.29. The van der Waals surface area contributed by atoms with E-state index in [0.717, 1.165) is 0 Å². The van der Waals surface area contributed by atoms with Crippen molar-refractivity contribution in [1.82, 2.24) is 4.90 Å². The third kappa shape index (κ3) is 1.80. The van der Waals surface area contributed by atoms with Gasteiger partial charge >= 0.3 is 5.97 Å². The Morgan fingerprint density at radius 1 is 1.64 bits per heavy atom. The maximum Gasteiger partial charge on any atom is 0.330 e. The fraction of sp³-hybridized carbons (Fsp3) is 0.429. The van der Waals surface area contributed by atoms with E-state index >= 15 is 0 Å². The molecule has 4 heteroatoms. The van der Waals surface area contributed by atoms with Crippen molar-refractivity contribution in [3.05, 3.63) is 12.3 Å². The number of ether oxygens (including phenoxy) is 1. The second kappa shape index (κ2) is 2.74. The molecule has 1 aliphatic rings. The molecule has 0 aliphatic carbocycles. The van der Waals surface area contributed by atoms with Crippen molar-refractivity contribution < 1.29 is 14.3 Å². The summed E-state index contributed by atoms with van der Waals surface area (Å²) in [5.74, 6) is -0.226. The normalized spacial score (nSPS) is 18.1. The van der Waals surface area contributed by atoms with Crippen LogP contribution in [0, 0.1) is 0 Å². The molecule has 11 heavy (non-hydrogen) atoms. The molecule has 1 saturated heterocycles. The molecule has 0 unspecified atom stereocenters. The molecular formula is C7H9NO3. The Hall–Kier alpha value is -1.32. The van der Waals surface area contributed by atoms with Crippen LogP contribution in [0.1, 0.15) is 6.92 Å². The van der Waals surface area contributed by atoms with Gasteiger partial charge in [0.1, 0.15) is 12.3 Å². The van der Waals surface area contributed by atoms with Gasteiger partial charge < -0.3 is 9.64 Å². The molecule has 0 aromatic rings. The van der Waals surface area contributed by atoms with Gasteiger partial charge in [-0.15, -0.1) is 0 Å². The number of amides is 1. The number of cyclic esters (lactones) is 1. The molecule has 4 nitrogen and oxygen atoms in total. The minimum absolute atomic E-state index is 0.0361. The Balaban J connectivity index is 2.63. The number of rotatable bonds is 0. The zero-order valence-electron chi connectivity index (χ0n) is 6.29. The minimum atomic E-state index is -0.420. The van der Waals surface area contributed by atoms with E-state index in [0.29, 0.717) is 12.3 Å². The summed E-state index contributed by atoms with van der Waals surface area (Å²) in [5, 5.41) is 0. The molecule has 1 amide bonds. The van der Waals surface area contributed by atoms with E-state index in [4.69, 9.17) is 0 Å². The van der Waals surface area contributed by atoms with E-state index < -0.39 is 5.97 Å². The summed E-state index contributed by atoms with van der Waals surface area (Å²) in [5.41, 5.74) is 0. The second-order valence-corrected chi connectivity index (χ2v) is 2.39. The van der Waals surface area contributed by atoms with Gasteiger partial charge in [0.15, 0.2) is 0 Å². The first-order valence-electron chi connectivity index (χ1n) is 3.23. The molecule has 0 radical (unpaired) electrons. The highest BCUT2D eigenvalue weighted by atomic mass is 16.5. The average Bonchev–Trinajstić information content (AvgIpc) is 1.85. The Morgan fingerprint density at radius 3 is 2.73 bits per heavy atom. The molecule has 0 saturated carbocycles. The number of carbonyl (C=O) groups excluding carboxylic acids is 2. The van der Waals surface area contributed by atoms with E-state index in [2.05, 4.69) is 11.3 Å². The van der Waals surface area contributed by atoms with Gasteiger partial charge in [0.25, 0.3) is 0 Å². The molecule has 1 aliphatic heterocycles. The molecule has 1 heterocycles. The van der Waals surface area contributed by atoms with Gasteiger partial charge in [-0.05, 0) is 0 Å². The quantitative estimate of drug-likeness (QED) is 0.459. The molecule has 0 aromatic carbocycles. The van der Waals surface area contributed by atoms with Crippen LogP contribution in [0.5, 0.6) is 0 Å². The molecular weight excluding hydrogens is 146 g/mol. The Bertz CT molecular complexity index is 206. The first-order chi connectivity index (χ1) is 5.09. The number of carbonyl (C=O) groups is 2. The summed E-state index contributed by atoms with van der Waals surface area (Å²) in [6.45, 7) is 5.23. The summed E-state index contributed by atoms with van der Waals surface area (Å²) in [6.07, 6.45) is 0. The van der Waals surface area contributed by atoms with Crippen LogP contribution < -0.4 is 0 Å². The first kappa shape index (κ1) is 7.78. The van der Waals surface area contributed by atoms with E-state index in [1.165, 1.54) is 11.8 Å². The molecule has 60 valence electrons. The highest BCUT2D eigenvalue weighted by molar-refractivity contribution is 5.82. The number of hydrogen-bond acceptors (Lipinski definition) is 3. The lowest BCUT2D eigenvalue weighted by Gasteiger charge is -2.25. The van der Waals surface area contributed by atoms with Crippen LogP contribution in [0.25, 0.3) is 0 Å². The molecule has 1 rings (SSSR count). The monoisotopic (exact) mass is 155 g/mol. The van der Waals surface area contributed by atoms with Crippen LogP contribution >= 0.6 is 0 Å². The van der Waals surface area contributed by atoms with Crippen molar-refractivity contribution in [3.63, 3.8) is 0 Å². The van der Waals surface area contributed by atoms with Crippen LogP contribution in [0.4, 0.5) is 0 Å². The van der Waals surface area contributed by atoms with Crippen molar-refractivity contribution in [1.29, 1.82) is 0 Å². The van der Waals surface area contributed by atoms with Crippen molar-refractivity contribution in [2.24, 2.45) is 0 Å². The van der Waals surface area contributed by atoms with Crippen molar-refractivity contribution in [3.8, 4) is 0 Å². The summed E-state index contributed by atoms with van der Waals surface area (Å²) in [4.78, 5) is 22.9. The number of hydrogen-bond donors (Lipinski definition) is 0. The maximum absolute atomic E-state index is 10.8. The minimum Gasteiger partial charge on any atom is -0.428 e. The highest BCUT2D eigenvalue weighted by Crippen LogP contribution is 2.06. The summed E-state index contributed by atoms with van der Waals surface area (Å²) < 4.78 is 4.64. The van der Waals surface area contributed by atoms with E-state index in [1.807, 2.05) is 0 Å². The molecule has 0 aromatic heterocycles. The third-order valence-corrected chi connectivity index (χ3v) is 1.39. The lowest BCUT2D eigenvalue weighted by molar-refractivity contribution is -0.150. The van der Waals surface area contributed by atoms with Crippen LogP contribution in [0.15, 0.2) is 12.3 Å². The smallest absolute Gasteiger partial charge is 0.330 e. The summed E-state index contributed by atoms with van der Waals surface area (Å²) in [6, 6.07) is 0. The van der Waals surface area contributed by atoms with Gasteiger partial charge in [-0.3, -0.25) is 4.79 Å². The lowest BCUT2D eigenvalue weighted by atomic mass is 10.3. The largest absolute Gasteiger partial charge is 0.428 e. The molecule has 1 fully saturated rings. The molecule has 0 bridgehead atoms. The van der Waals surface area contributed by atoms with E-state index in [1.54, 1.807) is 0 Å². The Morgan fingerprint density at radius 2 is 2.27 bits per heavy atom. The van der Waals surface area contributed by atoms with Crippen LogP contribution in [-0.2, 0) is 14.3 Å². The number of esters is 1. The summed E-state index contributed by atoms with van der Waals surface area (Å²) in [7, 11) is 0. The highest BCUT2D eigenvalue weighted by Gasteiger charge is 2.22. The molecule has 0 spiro atoms. The fourth-order valence-corrected chi connectivity index (χ4v) is 0.873. The SMILES string of the molecule is C=C1CN(C(C)=O)CC(=O)O1. The summed E-state index contributed by atoms with van der Waals surface area (Å²) >= 11 is 0. The van der Waals surface area contributed by atoms with Gasteiger partial charge in [-0.2, -0.15) is 0 Å². The topological polar surface area (TPSA) is 46.6 Å². The number of nitrogens with zero attached hydrogens (tertiary/aromatic N) is 1. The number of morpholine rings is 1. The van der Waals surface area contributed by atoms with E-state index in [9.17, 15) is 9.59 Å². The molecule has 0 atom stereocenters. The molecule has 0 N–H and O–H groups in total. The standard InChI is InChI=1S/C7H9NO3/c1-5-3-8(6(2)9)4-7(10)11-5/h1,3-4H2,2H3. The van der Waals surface area contributed by atoms with E-state index in [-0.39, 0.29) is 12.5 Å². The van der Waals surface area contributed by atoms with Crippen LogP contribution in [-0.4, -0.2) is 29.9 Å². The van der Waals surface area contributed by atoms with Gasteiger partial charge in [-0.1, -0.05) is 6.58 Å². The lowest BCUT2D eigenvalue weighted by Crippen LogP contribution is -2.40. The third-order valence-electron chi connectivity index (χ3n) is 1.39. The average molecular weight is 155 g/mol. The Labute approximate surface area is 64.4 Å². The van der Waals surface area contributed by atoms with Crippen molar-refractivity contribution >= 4 is 11.9 Å². The predicted molar refractivity (Wildman–Crippen MR) is 37.5 cm³/mol. The van der Waals surface area contributed by atoms with Gasteiger partial charge in [0, 0.05) is 6.92 Å². The fourth-order valence-electron chi connectivity index (χ4n) is 0.873. The van der Waals surface area contributed by atoms with Gasteiger partial charge in [0.05, 0.1) is 6.54 Å². The van der Waals surface area contributed by atoms with Crippen molar-refractivity contribution in [2.45, 2.75) is 6.92 Å². The maximum atomic E-state index is 10.8. The van der Waals surface area contributed by atoms with Crippen molar-refractivity contribution in [2.75, 3.05) is 13.1 Å². The first-order valence-corrected chi connectivity index (χ1v) is 3.23. The van der Waals surface area contributed by atoms with Crippen LogP contribution in [0.3, 0.4) is 0 Å². The predicted octanol–water partition coefficient (Wildman–Crippen LogP) is -0.0946. The van der Waals surface area contributed by atoms with Gasteiger partial charge in [0.2, 0.25) is 5.91 Å². The van der Waals surface area contributed by atoms with Gasteiger partial charge in [-0.25, -0.2) is 4.79 Å².